The minimum Gasteiger partial charge on any atom is -0.381 e. The van der Waals surface area contributed by atoms with Gasteiger partial charge in [-0.2, -0.15) is 0 Å². The average molecular weight is 228 g/mol. The lowest BCUT2D eigenvalue weighted by molar-refractivity contribution is 0.134. The van der Waals surface area contributed by atoms with E-state index in [2.05, 4.69) is 20.5 Å². The van der Waals surface area contributed by atoms with Gasteiger partial charge in [0, 0.05) is 19.8 Å². The highest BCUT2D eigenvalue weighted by Crippen LogP contribution is 1.89. The molecule has 16 heavy (non-hydrogen) atoms. The summed E-state index contributed by atoms with van der Waals surface area (Å²) in [6.07, 6.45) is 1.77. The lowest BCUT2D eigenvalue weighted by atomic mass is 10.4. The van der Waals surface area contributed by atoms with Crippen molar-refractivity contribution in [2.45, 2.75) is 19.8 Å². The largest absolute Gasteiger partial charge is 0.381 e. The molecule has 7 heteroatoms. The van der Waals surface area contributed by atoms with E-state index in [1.165, 1.54) is 0 Å². The molecule has 1 rings (SSSR count). The third-order valence-electron chi connectivity index (χ3n) is 1.82. The number of aromatic nitrogens is 3. The van der Waals surface area contributed by atoms with E-state index in [9.17, 15) is 9.59 Å². The molecule has 0 saturated heterocycles. The van der Waals surface area contributed by atoms with Crippen LogP contribution in [0.1, 0.15) is 19.8 Å². The number of nitrogens with zero attached hydrogens (tertiary/aromatic N) is 1. The Bertz CT molecular complexity index is 412. The quantitative estimate of drug-likeness (QED) is 0.556. The van der Waals surface area contributed by atoms with Gasteiger partial charge in [-0.15, -0.1) is 5.10 Å². The Morgan fingerprint density at radius 1 is 1.38 bits per heavy atom. The fourth-order valence-electron chi connectivity index (χ4n) is 1.09. The van der Waals surface area contributed by atoms with E-state index >= 15 is 0 Å². The molecule has 0 amide bonds. The summed E-state index contributed by atoms with van der Waals surface area (Å²) < 4.78 is 5.27. The molecule has 0 fully saturated rings. The van der Waals surface area contributed by atoms with Crippen LogP contribution in [-0.2, 0) is 4.74 Å². The van der Waals surface area contributed by atoms with Gasteiger partial charge in [0.05, 0.1) is 0 Å². The second-order valence-electron chi connectivity index (χ2n) is 3.25. The lowest BCUT2D eigenvalue weighted by Gasteiger charge is -2.04. The van der Waals surface area contributed by atoms with E-state index in [1.807, 2.05) is 6.92 Å². The standard InChI is InChI=1S/C9H16N4O3/c1-2-5-16-6-3-4-10-7-8(14)11-9(15)13-12-7/h2-6H2,1H3,(H,10,12)(H2,11,13,14,15). The normalized spacial score (nSPS) is 10.3. The van der Waals surface area contributed by atoms with Crippen LogP contribution in [0.3, 0.4) is 0 Å². The van der Waals surface area contributed by atoms with E-state index < -0.39 is 11.2 Å². The van der Waals surface area contributed by atoms with Crippen LogP contribution in [0.15, 0.2) is 9.59 Å². The zero-order valence-corrected chi connectivity index (χ0v) is 9.21. The summed E-state index contributed by atoms with van der Waals surface area (Å²) >= 11 is 0. The van der Waals surface area contributed by atoms with Crippen molar-refractivity contribution in [3.63, 3.8) is 0 Å². The molecule has 0 aromatic carbocycles. The number of nitrogens with one attached hydrogen (secondary N) is 3. The van der Waals surface area contributed by atoms with Crippen molar-refractivity contribution in [3.8, 4) is 0 Å². The number of hydrogen-bond donors (Lipinski definition) is 3. The van der Waals surface area contributed by atoms with E-state index in [-0.39, 0.29) is 5.82 Å². The van der Waals surface area contributed by atoms with E-state index in [1.54, 1.807) is 0 Å². The van der Waals surface area contributed by atoms with Crippen molar-refractivity contribution in [2.75, 3.05) is 25.1 Å². The number of aromatic amines is 2. The molecule has 0 spiro atoms. The number of ether oxygens (including phenoxy) is 1. The molecule has 0 radical (unpaired) electrons. The fraction of sp³-hybridized carbons (Fsp3) is 0.667. The van der Waals surface area contributed by atoms with Gasteiger partial charge in [0.2, 0.25) is 5.82 Å². The molecule has 0 atom stereocenters. The van der Waals surface area contributed by atoms with Crippen molar-refractivity contribution in [1.82, 2.24) is 15.2 Å². The Hall–Kier alpha value is -1.63. The Balaban J connectivity index is 2.27. The minimum atomic E-state index is -0.609. The predicted molar refractivity (Wildman–Crippen MR) is 59.7 cm³/mol. The van der Waals surface area contributed by atoms with Gasteiger partial charge in [0.25, 0.3) is 5.56 Å². The highest BCUT2D eigenvalue weighted by molar-refractivity contribution is 5.28. The first-order valence-electron chi connectivity index (χ1n) is 5.24. The maximum atomic E-state index is 11.2. The molecular weight excluding hydrogens is 212 g/mol. The summed E-state index contributed by atoms with van der Waals surface area (Å²) in [5.74, 6) is 0.120. The van der Waals surface area contributed by atoms with Gasteiger partial charge in [-0.25, -0.2) is 9.89 Å². The SMILES string of the molecule is CCCOCCCNc1n[nH]c(=O)[nH]c1=O. The van der Waals surface area contributed by atoms with Gasteiger partial charge in [0.1, 0.15) is 0 Å². The Morgan fingerprint density at radius 2 is 2.19 bits per heavy atom. The minimum absolute atomic E-state index is 0.120. The molecular formula is C9H16N4O3. The maximum absolute atomic E-state index is 11.2. The molecule has 0 bridgehead atoms. The second-order valence-corrected chi connectivity index (χ2v) is 3.25. The first-order chi connectivity index (χ1) is 7.74. The van der Waals surface area contributed by atoms with E-state index in [0.717, 1.165) is 19.4 Å². The average Bonchev–Trinajstić information content (AvgIpc) is 2.26. The molecule has 3 N–H and O–H groups in total. The summed E-state index contributed by atoms with van der Waals surface area (Å²) in [5.41, 5.74) is -1.12. The summed E-state index contributed by atoms with van der Waals surface area (Å²) in [4.78, 5) is 23.9. The molecule has 1 aromatic heterocycles. The van der Waals surface area contributed by atoms with Crippen molar-refractivity contribution in [2.24, 2.45) is 0 Å². The molecule has 0 aliphatic carbocycles. The van der Waals surface area contributed by atoms with E-state index in [0.29, 0.717) is 13.2 Å². The Morgan fingerprint density at radius 3 is 2.88 bits per heavy atom. The summed E-state index contributed by atoms with van der Waals surface area (Å²) in [6.45, 7) is 4.01. The number of hydrogen-bond acceptors (Lipinski definition) is 5. The van der Waals surface area contributed by atoms with Crippen LogP contribution < -0.4 is 16.6 Å². The van der Waals surface area contributed by atoms with Crippen molar-refractivity contribution < 1.29 is 4.74 Å². The van der Waals surface area contributed by atoms with Gasteiger partial charge in [0.15, 0.2) is 0 Å². The maximum Gasteiger partial charge on any atom is 0.342 e. The summed E-state index contributed by atoms with van der Waals surface area (Å²) in [6, 6.07) is 0. The topological polar surface area (TPSA) is 99.9 Å². The lowest BCUT2D eigenvalue weighted by Crippen LogP contribution is -2.27. The summed E-state index contributed by atoms with van der Waals surface area (Å²) in [5, 5.41) is 8.54. The van der Waals surface area contributed by atoms with Crippen LogP contribution in [0.2, 0.25) is 0 Å². The highest BCUT2D eigenvalue weighted by Gasteiger charge is 1.99. The van der Waals surface area contributed by atoms with Crippen LogP contribution >= 0.6 is 0 Å². The highest BCUT2D eigenvalue weighted by atomic mass is 16.5. The molecule has 1 heterocycles. The summed E-state index contributed by atoms with van der Waals surface area (Å²) in [7, 11) is 0. The van der Waals surface area contributed by atoms with Crippen LogP contribution in [0, 0.1) is 0 Å². The van der Waals surface area contributed by atoms with E-state index in [4.69, 9.17) is 4.74 Å². The number of H-pyrrole nitrogens is 2. The molecule has 7 nitrogen and oxygen atoms in total. The second kappa shape index (κ2) is 6.78. The molecule has 0 aliphatic rings. The van der Waals surface area contributed by atoms with Gasteiger partial charge in [-0.05, 0) is 12.8 Å². The van der Waals surface area contributed by atoms with Crippen molar-refractivity contribution in [1.29, 1.82) is 0 Å². The van der Waals surface area contributed by atoms with Crippen LogP contribution in [-0.4, -0.2) is 34.9 Å². The Kier molecular flexibility index (Phi) is 5.27. The van der Waals surface area contributed by atoms with Crippen molar-refractivity contribution >= 4 is 5.82 Å². The predicted octanol–water partition coefficient (Wildman–Crippen LogP) is -0.313. The monoisotopic (exact) mass is 228 g/mol. The van der Waals surface area contributed by atoms with Crippen molar-refractivity contribution in [3.05, 3.63) is 20.8 Å². The van der Waals surface area contributed by atoms with Crippen LogP contribution in [0.4, 0.5) is 5.82 Å². The number of anilines is 1. The zero-order valence-electron chi connectivity index (χ0n) is 9.21. The van der Waals surface area contributed by atoms with Gasteiger partial charge in [-0.1, -0.05) is 6.92 Å². The zero-order chi connectivity index (χ0) is 11.8. The molecule has 90 valence electrons. The molecule has 0 aliphatic heterocycles. The Labute approximate surface area is 92.2 Å². The van der Waals surface area contributed by atoms with Gasteiger partial charge < -0.3 is 10.1 Å². The van der Waals surface area contributed by atoms with Crippen LogP contribution in [0.25, 0.3) is 0 Å². The third-order valence-corrected chi connectivity index (χ3v) is 1.82. The molecule has 0 saturated carbocycles. The smallest absolute Gasteiger partial charge is 0.342 e. The first kappa shape index (κ1) is 12.4. The molecule has 0 unspecified atom stereocenters. The number of rotatable bonds is 7. The van der Waals surface area contributed by atoms with Crippen LogP contribution in [0.5, 0.6) is 0 Å². The first-order valence-corrected chi connectivity index (χ1v) is 5.24. The fourth-order valence-corrected chi connectivity index (χ4v) is 1.09. The molecule has 1 aromatic rings. The third kappa shape index (κ3) is 4.26. The van der Waals surface area contributed by atoms with Gasteiger partial charge >= 0.3 is 5.69 Å². The van der Waals surface area contributed by atoms with Gasteiger partial charge in [-0.3, -0.25) is 9.78 Å².